The predicted octanol–water partition coefficient (Wildman–Crippen LogP) is 5.57. The summed E-state index contributed by atoms with van der Waals surface area (Å²) in [4.78, 5) is 10.9. The molecule has 0 radical (unpaired) electrons. The molecule has 0 fully saturated rings. The van der Waals surface area contributed by atoms with Crippen LogP contribution in [0.5, 0.6) is 0 Å². The number of hydrogen-bond donors (Lipinski definition) is 1. The summed E-state index contributed by atoms with van der Waals surface area (Å²) < 4.78 is 11.6. The van der Waals surface area contributed by atoms with Crippen molar-refractivity contribution in [2.45, 2.75) is 98.6 Å². The maximum atomic E-state index is 10.9. The Kier molecular flexibility index (Phi) is 11.1. The fraction of sp³-hybridized carbons (Fsp3) is 0.864. The molecule has 0 saturated carbocycles. The Bertz CT molecular complexity index is 467. The Morgan fingerprint density at radius 1 is 1.15 bits per heavy atom. The van der Waals surface area contributed by atoms with Crippen LogP contribution in [0.25, 0.3) is 0 Å². The second-order valence-corrected chi connectivity index (χ2v) is 14.4. The Balaban J connectivity index is 4.73. The summed E-state index contributed by atoms with van der Waals surface area (Å²) in [5.41, 5.74) is 0. The first-order chi connectivity index (χ1) is 12.2. The van der Waals surface area contributed by atoms with E-state index in [1.165, 1.54) is 6.92 Å². The average Bonchev–Trinajstić information content (AvgIpc) is 2.54. The van der Waals surface area contributed by atoms with Gasteiger partial charge in [-0.2, -0.15) is 0 Å². The first kappa shape index (κ1) is 26.3. The number of aliphatic hydroxyl groups excluding tert-OH is 1. The molecule has 5 heteroatoms. The minimum atomic E-state index is -1.81. The zero-order valence-corrected chi connectivity index (χ0v) is 20.3. The summed E-state index contributed by atoms with van der Waals surface area (Å²) in [5.74, 6) is 0.343. The standard InChI is InChI=1S/C22H44O4Si/c1-11-21(26-27(9,10)22(6,7)8)17(3)12-13-20(24)18(4)14-16(2)15-25-19(5)23/h12-13,16-18,20-21,24H,11,14-15H2,1-10H3/b13-12+/t16-,17+,18+,20?,21+/m0/s1. The topological polar surface area (TPSA) is 55.8 Å². The Morgan fingerprint density at radius 2 is 1.70 bits per heavy atom. The van der Waals surface area contributed by atoms with Crippen LogP contribution in [0.4, 0.5) is 0 Å². The third-order valence-corrected chi connectivity index (χ3v) is 10.3. The second-order valence-electron chi connectivity index (χ2n) is 9.68. The monoisotopic (exact) mass is 400 g/mol. The number of ether oxygens (including phenoxy) is 1. The number of rotatable bonds is 11. The van der Waals surface area contributed by atoms with Crippen LogP contribution >= 0.6 is 0 Å². The van der Waals surface area contributed by atoms with Crippen molar-refractivity contribution in [2.24, 2.45) is 17.8 Å². The molecule has 0 heterocycles. The number of carbonyl (C=O) groups is 1. The lowest BCUT2D eigenvalue weighted by molar-refractivity contribution is -0.142. The van der Waals surface area contributed by atoms with Gasteiger partial charge in [-0.05, 0) is 48.7 Å². The Hall–Kier alpha value is -0.653. The van der Waals surface area contributed by atoms with Crippen LogP contribution < -0.4 is 0 Å². The second kappa shape index (κ2) is 11.4. The summed E-state index contributed by atoms with van der Waals surface area (Å²) >= 11 is 0. The number of aliphatic hydroxyl groups is 1. The fourth-order valence-electron chi connectivity index (χ4n) is 2.82. The van der Waals surface area contributed by atoms with Crippen LogP contribution in [0, 0.1) is 17.8 Å². The summed E-state index contributed by atoms with van der Waals surface area (Å²) in [5, 5.41) is 10.7. The van der Waals surface area contributed by atoms with E-state index >= 15 is 0 Å². The molecular formula is C22H44O4Si. The van der Waals surface area contributed by atoms with Gasteiger partial charge >= 0.3 is 5.97 Å². The molecule has 0 saturated heterocycles. The molecule has 0 aromatic rings. The van der Waals surface area contributed by atoms with E-state index < -0.39 is 14.4 Å². The SMILES string of the molecule is CC[C@@H](O[Si](C)(C)C(C)(C)C)[C@H](C)/C=C/C(O)[C@H](C)C[C@H](C)COC(C)=O. The summed E-state index contributed by atoms with van der Waals surface area (Å²) in [6.45, 7) is 21.6. The van der Waals surface area contributed by atoms with Gasteiger partial charge in [0.25, 0.3) is 0 Å². The lowest BCUT2D eigenvalue weighted by Gasteiger charge is -2.40. The molecule has 0 spiro atoms. The van der Waals surface area contributed by atoms with Crippen LogP contribution in [0.2, 0.25) is 18.1 Å². The normalized spacial score (nSPS) is 18.8. The van der Waals surface area contributed by atoms with Crippen molar-refractivity contribution in [3.05, 3.63) is 12.2 Å². The highest BCUT2D eigenvalue weighted by Crippen LogP contribution is 2.38. The van der Waals surface area contributed by atoms with E-state index in [9.17, 15) is 9.90 Å². The van der Waals surface area contributed by atoms with Gasteiger partial charge in [-0.3, -0.25) is 4.79 Å². The fourth-order valence-corrected chi connectivity index (χ4v) is 4.31. The highest BCUT2D eigenvalue weighted by atomic mass is 28.4. The molecule has 0 amide bonds. The van der Waals surface area contributed by atoms with E-state index in [0.29, 0.717) is 6.61 Å². The van der Waals surface area contributed by atoms with Crippen molar-refractivity contribution in [3.8, 4) is 0 Å². The third kappa shape index (κ3) is 9.91. The summed E-state index contributed by atoms with van der Waals surface area (Å²) in [6, 6.07) is 0. The Morgan fingerprint density at radius 3 is 2.15 bits per heavy atom. The molecule has 27 heavy (non-hydrogen) atoms. The molecule has 0 rings (SSSR count). The zero-order chi connectivity index (χ0) is 21.4. The minimum Gasteiger partial charge on any atom is -0.466 e. The van der Waals surface area contributed by atoms with Crippen molar-refractivity contribution in [3.63, 3.8) is 0 Å². The van der Waals surface area contributed by atoms with Crippen LogP contribution in [-0.2, 0) is 14.0 Å². The van der Waals surface area contributed by atoms with E-state index in [1.807, 2.05) is 19.9 Å². The van der Waals surface area contributed by atoms with Gasteiger partial charge in [-0.1, -0.05) is 60.6 Å². The van der Waals surface area contributed by atoms with Gasteiger partial charge < -0.3 is 14.3 Å². The van der Waals surface area contributed by atoms with Gasteiger partial charge in [-0.25, -0.2) is 0 Å². The van der Waals surface area contributed by atoms with Crippen LogP contribution in [-0.4, -0.2) is 38.2 Å². The van der Waals surface area contributed by atoms with Gasteiger partial charge in [0.2, 0.25) is 0 Å². The van der Waals surface area contributed by atoms with Crippen molar-refractivity contribution in [2.75, 3.05) is 6.61 Å². The predicted molar refractivity (Wildman–Crippen MR) is 116 cm³/mol. The molecular weight excluding hydrogens is 356 g/mol. The molecule has 0 bridgehead atoms. The molecule has 1 N–H and O–H groups in total. The van der Waals surface area contributed by atoms with Gasteiger partial charge in [0.15, 0.2) is 8.32 Å². The van der Waals surface area contributed by atoms with Crippen molar-refractivity contribution in [1.29, 1.82) is 0 Å². The molecule has 0 aromatic heterocycles. The molecule has 160 valence electrons. The average molecular weight is 401 g/mol. The van der Waals surface area contributed by atoms with E-state index in [4.69, 9.17) is 9.16 Å². The van der Waals surface area contributed by atoms with E-state index in [0.717, 1.165) is 12.8 Å². The van der Waals surface area contributed by atoms with Gasteiger partial charge in [-0.15, -0.1) is 0 Å². The van der Waals surface area contributed by atoms with Crippen molar-refractivity contribution in [1.82, 2.24) is 0 Å². The molecule has 5 atom stereocenters. The first-order valence-electron chi connectivity index (χ1n) is 10.4. The summed E-state index contributed by atoms with van der Waals surface area (Å²) in [6.07, 6.45) is 5.45. The highest BCUT2D eigenvalue weighted by Gasteiger charge is 2.39. The minimum absolute atomic E-state index is 0.111. The van der Waals surface area contributed by atoms with Gasteiger partial charge in [0.1, 0.15) is 0 Å². The highest BCUT2D eigenvalue weighted by molar-refractivity contribution is 6.74. The third-order valence-electron chi connectivity index (χ3n) is 5.78. The molecule has 4 nitrogen and oxygen atoms in total. The van der Waals surface area contributed by atoms with Crippen LogP contribution in [0.1, 0.15) is 68.2 Å². The maximum Gasteiger partial charge on any atom is 0.302 e. The zero-order valence-electron chi connectivity index (χ0n) is 19.3. The molecule has 0 aliphatic rings. The number of esters is 1. The smallest absolute Gasteiger partial charge is 0.302 e. The largest absolute Gasteiger partial charge is 0.466 e. The maximum absolute atomic E-state index is 10.9. The van der Waals surface area contributed by atoms with E-state index in [2.05, 4.69) is 53.8 Å². The van der Waals surface area contributed by atoms with Gasteiger partial charge in [0.05, 0.1) is 18.8 Å². The number of hydrogen-bond acceptors (Lipinski definition) is 4. The molecule has 0 aliphatic heterocycles. The van der Waals surface area contributed by atoms with Crippen molar-refractivity contribution >= 4 is 14.3 Å². The molecule has 0 aliphatic carbocycles. The molecule has 1 unspecified atom stereocenters. The lowest BCUT2D eigenvalue weighted by Crippen LogP contribution is -2.45. The van der Waals surface area contributed by atoms with Crippen LogP contribution in [0.3, 0.4) is 0 Å². The Labute approximate surface area is 168 Å². The lowest BCUT2D eigenvalue weighted by atomic mass is 9.92. The quantitative estimate of drug-likeness (QED) is 0.280. The summed E-state index contributed by atoms with van der Waals surface area (Å²) in [7, 11) is -1.81. The van der Waals surface area contributed by atoms with E-state index in [1.54, 1.807) is 0 Å². The van der Waals surface area contributed by atoms with Crippen LogP contribution in [0.15, 0.2) is 12.2 Å². The first-order valence-corrected chi connectivity index (χ1v) is 13.3. The number of carbonyl (C=O) groups excluding carboxylic acids is 1. The van der Waals surface area contributed by atoms with E-state index in [-0.39, 0.29) is 34.9 Å². The molecule has 0 aromatic carbocycles. The van der Waals surface area contributed by atoms with Crippen molar-refractivity contribution < 1.29 is 19.1 Å². The van der Waals surface area contributed by atoms with Gasteiger partial charge in [0, 0.05) is 6.92 Å².